The van der Waals surface area contributed by atoms with E-state index in [1.165, 1.54) is 0 Å². The van der Waals surface area contributed by atoms with Gasteiger partial charge in [-0.3, -0.25) is 4.79 Å². The normalized spacial score (nSPS) is 23.1. The van der Waals surface area contributed by atoms with Crippen LogP contribution in [0.15, 0.2) is 0 Å². The van der Waals surface area contributed by atoms with E-state index in [4.69, 9.17) is 10.8 Å². The Kier molecular flexibility index (Phi) is 6.63. The van der Waals surface area contributed by atoms with Gasteiger partial charge in [-0.2, -0.15) is 11.8 Å². The van der Waals surface area contributed by atoms with Crippen LogP contribution in [0, 0.1) is 0 Å². The predicted molar refractivity (Wildman–Crippen MR) is 76.5 cm³/mol. The third-order valence-corrected chi connectivity index (χ3v) is 4.48. The van der Waals surface area contributed by atoms with E-state index in [0.717, 1.165) is 25.0 Å². The van der Waals surface area contributed by atoms with Gasteiger partial charge in [-0.1, -0.05) is 13.3 Å². The highest BCUT2D eigenvalue weighted by molar-refractivity contribution is 7.99. The maximum absolute atomic E-state index is 11.8. The number of rotatable bonds is 7. The van der Waals surface area contributed by atoms with Crippen molar-refractivity contribution in [2.75, 3.05) is 5.75 Å². The fraction of sp³-hybridized carbons (Fsp3) is 0.750. The first-order valence-corrected chi connectivity index (χ1v) is 7.68. The Labute approximate surface area is 122 Å². The largest absolute Gasteiger partial charge is 0.480 e. The van der Waals surface area contributed by atoms with E-state index >= 15 is 0 Å². The molecule has 0 bridgehead atoms. The maximum atomic E-state index is 11.8. The molecule has 0 saturated heterocycles. The minimum Gasteiger partial charge on any atom is -0.480 e. The van der Waals surface area contributed by atoms with Gasteiger partial charge in [-0.05, 0) is 18.6 Å². The molecule has 8 heteroatoms. The van der Waals surface area contributed by atoms with Gasteiger partial charge < -0.3 is 21.5 Å². The third-order valence-electron chi connectivity index (χ3n) is 3.16. The molecule has 1 fully saturated rings. The van der Waals surface area contributed by atoms with E-state index in [9.17, 15) is 14.4 Å². The number of primary amides is 1. The van der Waals surface area contributed by atoms with E-state index < -0.39 is 30.4 Å². The molecule has 3 atom stereocenters. The van der Waals surface area contributed by atoms with Gasteiger partial charge in [0, 0.05) is 11.3 Å². The highest BCUT2D eigenvalue weighted by Gasteiger charge is 2.30. The molecule has 0 heterocycles. The van der Waals surface area contributed by atoms with E-state index in [1.807, 2.05) is 0 Å². The van der Waals surface area contributed by atoms with Gasteiger partial charge in [-0.25, -0.2) is 9.59 Å². The Morgan fingerprint density at radius 2 is 2.10 bits per heavy atom. The summed E-state index contributed by atoms with van der Waals surface area (Å²) in [5, 5.41) is 14.3. The number of amides is 3. The summed E-state index contributed by atoms with van der Waals surface area (Å²) in [7, 11) is 0. The molecule has 1 saturated carbocycles. The zero-order valence-electron chi connectivity index (χ0n) is 11.4. The van der Waals surface area contributed by atoms with E-state index in [0.29, 0.717) is 5.25 Å². The van der Waals surface area contributed by atoms with Crippen LogP contribution in [0.5, 0.6) is 0 Å². The molecule has 114 valence electrons. The number of hydrogen-bond acceptors (Lipinski definition) is 4. The van der Waals surface area contributed by atoms with Crippen molar-refractivity contribution in [1.82, 2.24) is 10.6 Å². The molecule has 20 heavy (non-hydrogen) atoms. The lowest BCUT2D eigenvalue weighted by Gasteiger charge is -2.21. The summed E-state index contributed by atoms with van der Waals surface area (Å²) in [5.74, 6) is -1.06. The topological polar surface area (TPSA) is 122 Å². The van der Waals surface area contributed by atoms with Crippen LogP contribution in [0.1, 0.15) is 32.6 Å². The SMILES string of the molecule is CCSC1CCCC1NC(=O)N[C@H](CC(N)=O)C(=O)O. The molecule has 0 aromatic rings. The van der Waals surface area contributed by atoms with Crippen LogP contribution in [0.25, 0.3) is 0 Å². The summed E-state index contributed by atoms with van der Waals surface area (Å²) >= 11 is 1.79. The van der Waals surface area contributed by atoms with Gasteiger partial charge in [0.25, 0.3) is 0 Å². The van der Waals surface area contributed by atoms with Crippen molar-refractivity contribution in [2.24, 2.45) is 5.73 Å². The minimum atomic E-state index is -1.29. The molecule has 1 aliphatic carbocycles. The fourth-order valence-electron chi connectivity index (χ4n) is 2.27. The second-order valence-electron chi connectivity index (χ2n) is 4.71. The molecule has 2 unspecified atom stereocenters. The van der Waals surface area contributed by atoms with Crippen molar-refractivity contribution < 1.29 is 19.5 Å². The molecule has 0 spiro atoms. The Morgan fingerprint density at radius 3 is 2.65 bits per heavy atom. The number of thioether (sulfide) groups is 1. The minimum absolute atomic E-state index is 0.0444. The molecule has 1 rings (SSSR count). The molecule has 0 aliphatic heterocycles. The van der Waals surface area contributed by atoms with Gasteiger partial charge in [0.15, 0.2) is 0 Å². The van der Waals surface area contributed by atoms with Crippen LogP contribution in [0.2, 0.25) is 0 Å². The predicted octanol–water partition coefficient (Wildman–Crippen LogP) is 0.288. The van der Waals surface area contributed by atoms with Crippen molar-refractivity contribution in [3.63, 3.8) is 0 Å². The Hall–Kier alpha value is -1.44. The monoisotopic (exact) mass is 303 g/mol. The average molecular weight is 303 g/mol. The molecule has 3 amide bonds. The lowest BCUT2D eigenvalue weighted by Crippen LogP contribution is -2.51. The summed E-state index contributed by atoms with van der Waals surface area (Å²) in [4.78, 5) is 33.5. The number of carbonyl (C=O) groups is 3. The fourth-order valence-corrected chi connectivity index (χ4v) is 3.47. The third kappa shape index (κ3) is 5.28. The van der Waals surface area contributed by atoms with Crippen LogP contribution < -0.4 is 16.4 Å². The van der Waals surface area contributed by atoms with Crippen LogP contribution in [-0.4, -0.2) is 46.1 Å². The number of aliphatic carboxylic acids is 1. The quantitative estimate of drug-likeness (QED) is 0.538. The molecular weight excluding hydrogens is 282 g/mol. The summed E-state index contributed by atoms with van der Waals surface area (Å²) in [5.41, 5.74) is 4.95. The number of hydrogen-bond donors (Lipinski definition) is 4. The van der Waals surface area contributed by atoms with Gasteiger partial charge >= 0.3 is 12.0 Å². The standard InChI is InChI=1S/C12H21N3O4S/c1-2-20-9-5-3-4-7(9)14-12(19)15-8(11(17)18)6-10(13)16/h7-9H,2-6H2,1H3,(H2,13,16)(H,17,18)(H2,14,15,19)/t7?,8-,9?/m1/s1. The molecule has 0 aromatic carbocycles. The van der Waals surface area contributed by atoms with Crippen molar-refractivity contribution in [2.45, 2.75) is 49.9 Å². The first kappa shape index (κ1) is 16.6. The average Bonchev–Trinajstić information content (AvgIpc) is 2.75. The number of urea groups is 1. The van der Waals surface area contributed by atoms with E-state index in [2.05, 4.69) is 17.6 Å². The lowest BCUT2D eigenvalue weighted by molar-refractivity contribution is -0.140. The highest BCUT2D eigenvalue weighted by Crippen LogP contribution is 2.29. The zero-order chi connectivity index (χ0) is 15.1. The molecule has 0 aromatic heterocycles. The summed E-state index contributed by atoms with van der Waals surface area (Å²) in [6, 6.07) is -1.80. The summed E-state index contributed by atoms with van der Waals surface area (Å²) in [6.07, 6.45) is 2.57. The van der Waals surface area contributed by atoms with Crippen LogP contribution >= 0.6 is 11.8 Å². The number of carbonyl (C=O) groups excluding carboxylic acids is 2. The number of nitrogens with two attached hydrogens (primary N) is 1. The lowest BCUT2D eigenvalue weighted by atomic mass is 10.2. The number of nitrogens with one attached hydrogen (secondary N) is 2. The first-order chi connectivity index (χ1) is 9.43. The molecular formula is C12H21N3O4S. The maximum Gasteiger partial charge on any atom is 0.326 e. The Balaban J connectivity index is 2.48. The number of carboxylic acid groups (broad SMARTS) is 1. The highest BCUT2D eigenvalue weighted by atomic mass is 32.2. The Bertz CT molecular complexity index is 378. The molecule has 7 nitrogen and oxygen atoms in total. The van der Waals surface area contributed by atoms with Crippen LogP contribution in [-0.2, 0) is 9.59 Å². The van der Waals surface area contributed by atoms with Gasteiger partial charge in [0.2, 0.25) is 5.91 Å². The summed E-state index contributed by atoms with van der Waals surface area (Å²) < 4.78 is 0. The van der Waals surface area contributed by atoms with Crippen LogP contribution in [0.3, 0.4) is 0 Å². The first-order valence-electron chi connectivity index (χ1n) is 6.63. The van der Waals surface area contributed by atoms with E-state index in [-0.39, 0.29) is 6.04 Å². The molecule has 0 radical (unpaired) electrons. The van der Waals surface area contributed by atoms with Gasteiger partial charge in [-0.15, -0.1) is 0 Å². The smallest absolute Gasteiger partial charge is 0.326 e. The second-order valence-corrected chi connectivity index (χ2v) is 6.23. The van der Waals surface area contributed by atoms with Crippen molar-refractivity contribution in [3.8, 4) is 0 Å². The second kappa shape index (κ2) is 7.98. The zero-order valence-corrected chi connectivity index (χ0v) is 12.2. The van der Waals surface area contributed by atoms with Crippen molar-refractivity contribution in [3.05, 3.63) is 0 Å². The van der Waals surface area contributed by atoms with E-state index in [1.54, 1.807) is 11.8 Å². The van der Waals surface area contributed by atoms with Crippen molar-refractivity contribution >= 4 is 29.7 Å². The summed E-state index contributed by atoms with van der Waals surface area (Å²) in [6.45, 7) is 2.06. The van der Waals surface area contributed by atoms with Gasteiger partial charge in [0.1, 0.15) is 6.04 Å². The molecule has 5 N–H and O–H groups in total. The van der Waals surface area contributed by atoms with Crippen molar-refractivity contribution in [1.29, 1.82) is 0 Å². The molecule has 1 aliphatic rings. The van der Waals surface area contributed by atoms with Gasteiger partial charge in [0.05, 0.1) is 6.42 Å². The number of carboxylic acids is 1. The van der Waals surface area contributed by atoms with Crippen LogP contribution in [0.4, 0.5) is 4.79 Å². The Morgan fingerprint density at radius 1 is 1.40 bits per heavy atom.